The van der Waals surface area contributed by atoms with Crippen molar-refractivity contribution in [3.05, 3.63) is 56.2 Å². The summed E-state index contributed by atoms with van der Waals surface area (Å²) in [7, 11) is 0. The van der Waals surface area contributed by atoms with Gasteiger partial charge >= 0.3 is 0 Å². The minimum absolute atomic E-state index is 0.336. The summed E-state index contributed by atoms with van der Waals surface area (Å²) < 4.78 is 26.0. The average Bonchev–Trinajstić information content (AvgIpc) is 2.48. The van der Waals surface area contributed by atoms with Crippen LogP contribution in [0.2, 0.25) is 0 Å². The molecule has 0 fully saturated rings. The maximum atomic E-state index is 13.7. The third kappa shape index (κ3) is 2.93. The number of benzene rings is 2. The Balaban J connectivity index is 2.00. The van der Waals surface area contributed by atoms with E-state index in [1.807, 2.05) is 12.1 Å². The number of nitrogens with two attached hydrogens (primary N) is 1. The summed E-state index contributed by atoms with van der Waals surface area (Å²) in [5, 5.41) is 0. The molecule has 1 aliphatic rings. The van der Waals surface area contributed by atoms with E-state index in [-0.39, 0.29) is 5.82 Å². The topological polar surface area (TPSA) is 44.5 Å². The molecule has 0 bridgehead atoms. The monoisotopic (exact) mass is 415 g/mol. The van der Waals surface area contributed by atoms with Crippen LogP contribution >= 0.6 is 31.9 Å². The largest absolute Gasteiger partial charge is 0.486 e. The van der Waals surface area contributed by atoms with E-state index in [0.29, 0.717) is 34.7 Å². The molecule has 110 valence electrons. The van der Waals surface area contributed by atoms with Crippen LogP contribution in [0.1, 0.15) is 17.2 Å². The minimum Gasteiger partial charge on any atom is -0.486 e. The van der Waals surface area contributed by atoms with Crippen LogP contribution in [-0.2, 0) is 0 Å². The zero-order valence-corrected chi connectivity index (χ0v) is 14.1. The highest BCUT2D eigenvalue weighted by Gasteiger charge is 2.20. The average molecular weight is 417 g/mol. The first-order valence-electron chi connectivity index (χ1n) is 6.36. The Morgan fingerprint density at radius 3 is 2.33 bits per heavy atom. The second kappa shape index (κ2) is 5.94. The molecule has 0 aliphatic carbocycles. The van der Waals surface area contributed by atoms with E-state index in [9.17, 15) is 4.39 Å². The van der Waals surface area contributed by atoms with Crippen molar-refractivity contribution in [3.8, 4) is 11.5 Å². The first-order chi connectivity index (χ1) is 10.1. The smallest absolute Gasteiger partial charge is 0.162 e. The van der Waals surface area contributed by atoms with Crippen LogP contribution in [0.5, 0.6) is 11.5 Å². The second-order valence-corrected chi connectivity index (χ2v) is 6.38. The molecule has 0 saturated carbocycles. The highest BCUT2D eigenvalue weighted by molar-refractivity contribution is 9.10. The zero-order valence-electron chi connectivity index (χ0n) is 10.9. The lowest BCUT2D eigenvalue weighted by Gasteiger charge is -2.22. The molecule has 21 heavy (non-hydrogen) atoms. The SMILES string of the molecule is NC(c1ccc(Br)c(F)c1)c1cc2c(cc1Br)OCCO2. The van der Waals surface area contributed by atoms with E-state index < -0.39 is 6.04 Å². The third-order valence-electron chi connectivity index (χ3n) is 3.30. The molecule has 2 aromatic carbocycles. The predicted molar refractivity (Wildman–Crippen MR) is 85.3 cm³/mol. The van der Waals surface area contributed by atoms with Crippen molar-refractivity contribution in [2.24, 2.45) is 5.73 Å². The van der Waals surface area contributed by atoms with Gasteiger partial charge in [-0.15, -0.1) is 0 Å². The van der Waals surface area contributed by atoms with Crippen LogP contribution in [0.4, 0.5) is 4.39 Å². The maximum absolute atomic E-state index is 13.7. The number of rotatable bonds is 2. The Morgan fingerprint density at radius 2 is 1.67 bits per heavy atom. The van der Waals surface area contributed by atoms with E-state index in [4.69, 9.17) is 15.2 Å². The lowest BCUT2D eigenvalue weighted by atomic mass is 9.99. The van der Waals surface area contributed by atoms with Gasteiger partial charge in [0.15, 0.2) is 11.5 Å². The van der Waals surface area contributed by atoms with E-state index >= 15 is 0 Å². The van der Waals surface area contributed by atoms with Crippen molar-refractivity contribution < 1.29 is 13.9 Å². The van der Waals surface area contributed by atoms with Gasteiger partial charge in [-0.3, -0.25) is 0 Å². The van der Waals surface area contributed by atoms with E-state index in [1.165, 1.54) is 6.07 Å². The molecule has 1 heterocycles. The molecule has 0 saturated heterocycles. The van der Waals surface area contributed by atoms with Crippen molar-refractivity contribution in [2.75, 3.05) is 13.2 Å². The third-order valence-corrected chi connectivity index (χ3v) is 4.63. The summed E-state index contributed by atoms with van der Waals surface area (Å²) in [6.07, 6.45) is 0. The van der Waals surface area contributed by atoms with Gasteiger partial charge in [-0.1, -0.05) is 22.0 Å². The Kier molecular flexibility index (Phi) is 4.19. The molecular weight excluding hydrogens is 405 g/mol. The fourth-order valence-electron chi connectivity index (χ4n) is 2.20. The van der Waals surface area contributed by atoms with Crippen LogP contribution in [0.15, 0.2) is 39.3 Å². The quantitative estimate of drug-likeness (QED) is 0.798. The number of fused-ring (bicyclic) bond motifs is 1. The number of hydrogen-bond donors (Lipinski definition) is 1. The molecule has 6 heteroatoms. The van der Waals surface area contributed by atoms with Gasteiger partial charge in [0.25, 0.3) is 0 Å². The first kappa shape index (κ1) is 14.8. The number of hydrogen-bond acceptors (Lipinski definition) is 3. The standard InChI is InChI=1S/C15H12Br2FNO2/c16-10-2-1-8(5-12(10)18)15(19)9-6-13-14(7-11(9)17)21-4-3-20-13/h1-2,5-7,15H,3-4,19H2. The Morgan fingerprint density at radius 1 is 1.00 bits per heavy atom. The minimum atomic E-state index is -0.460. The second-order valence-electron chi connectivity index (χ2n) is 4.67. The molecular formula is C15H12Br2FNO2. The first-order valence-corrected chi connectivity index (χ1v) is 7.94. The highest BCUT2D eigenvalue weighted by Crippen LogP contribution is 2.39. The van der Waals surface area contributed by atoms with Crippen molar-refractivity contribution in [2.45, 2.75) is 6.04 Å². The lowest BCUT2D eigenvalue weighted by Crippen LogP contribution is -2.17. The number of ether oxygens (including phenoxy) is 2. The highest BCUT2D eigenvalue weighted by atomic mass is 79.9. The van der Waals surface area contributed by atoms with Gasteiger partial charge in [0, 0.05) is 4.47 Å². The molecule has 1 aliphatic heterocycles. The summed E-state index contributed by atoms with van der Waals surface area (Å²) in [5.74, 6) is 1.01. The summed E-state index contributed by atoms with van der Waals surface area (Å²) in [6, 6.07) is 8.08. The molecule has 0 radical (unpaired) electrons. The van der Waals surface area contributed by atoms with Crippen LogP contribution < -0.4 is 15.2 Å². The number of halogens is 3. The van der Waals surface area contributed by atoms with Gasteiger partial charge in [-0.05, 0) is 51.3 Å². The maximum Gasteiger partial charge on any atom is 0.162 e. The summed E-state index contributed by atoms with van der Waals surface area (Å²) in [6.45, 7) is 1.04. The molecule has 1 atom stereocenters. The molecule has 0 spiro atoms. The lowest BCUT2D eigenvalue weighted by molar-refractivity contribution is 0.171. The molecule has 0 amide bonds. The Hall–Kier alpha value is -1.11. The molecule has 3 rings (SSSR count). The normalized spacial score (nSPS) is 14.9. The van der Waals surface area contributed by atoms with Crippen LogP contribution in [0, 0.1) is 5.82 Å². The van der Waals surface area contributed by atoms with Crippen molar-refractivity contribution >= 4 is 31.9 Å². The van der Waals surface area contributed by atoms with Gasteiger partial charge < -0.3 is 15.2 Å². The zero-order chi connectivity index (χ0) is 15.0. The fraction of sp³-hybridized carbons (Fsp3) is 0.200. The van der Waals surface area contributed by atoms with Crippen molar-refractivity contribution in [1.82, 2.24) is 0 Å². The van der Waals surface area contributed by atoms with Gasteiger partial charge in [0.05, 0.1) is 10.5 Å². The van der Waals surface area contributed by atoms with Gasteiger partial charge in [0.1, 0.15) is 19.0 Å². The van der Waals surface area contributed by atoms with Crippen LogP contribution in [-0.4, -0.2) is 13.2 Å². The van der Waals surface area contributed by atoms with E-state index in [1.54, 1.807) is 12.1 Å². The van der Waals surface area contributed by atoms with Crippen molar-refractivity contribution in [1.29, 1.82) is 0 Å². The van der Waals surface area contributed by atoms with E-state index in [0.717, 1.165) is 10.0 Å². The van der Waals surface area contributed by atoms with Crippen LogP contribution in [0.3, 0.4) is 0 Å². The predicted octanol–water partition coefficient (Wildman–Crippen LogP) is 4.17. The fourth-order valence-corrected chi connectivity index (χ4v) is 3.02. The summed E-state index contributed by atoms with van der Waals surface area (Å²) in [4.78, 5) is 0. The summed E-state index contributed by atoms with van der Waals surface area (Å²) in [5.41, 5.74) is 7.77. The molecule has 3 nitrogen and oxygen atoms in total. The molecule has 2 N–H and O–H groups in total. The molecule has 1 unspecified atom stereocenters. The van der Waals surface area contributed by atoms with E-state index in [2.05, 4.69) is 31.9 Å². The Labute approximate surface area is 138 Å². The Bertz CT molecular complexity index is 694. The van der Waals surface area contributed by atoms with Crippen LogP contribution in [0.25, 0.3) is 0 Å². The van der Waals surface area contributed by atoms with Gasteiger partial charge in [-0.2, -0.15) is 0 Å². The van der Waals surface area contributed by atoms with Gasteiger partial charge in [0.2, 0.25) is 0 Å². The van der Waals surface area contributed by atoms with Gasteiger partial charge in [-0.25, -0.2) is 4.39 Å². The molecule has 0 aromatic heterocycles. The van der Waals surface area contributed by atoms with Crippen molar-refractivity contribution in [3.63, 3.8) is 0 Å². The summed E-state index contributed by atoms with van der Waals surface area (Å²) >= 11 is 6.62. The molecule has 2 aromatic rings.